The fourth-order valence-electron chi connectivity index (χ4n) is 0.942. The van der Waals surface area contributed by atoms with Crippen LogP contribution in [0.2, 0.25) is 0 Å². The lowest BCUT2D eigenvalue weighted by Gasteiger charge is -2.03. The van der Waals surface area contributed by atoms with E-state index in [4.69, 9.17) is 0 Å². The van der Waals surface area contributed by atoms with Crippen LogP contribution in [0.15, 0.2) is 18.7 Å². The number of anilines is 1. The molecular formula is C9H15N3S. The fraction of sp³-hybridized carbons (Fsp3) is 0.556. The molecule has 1 aromatic heterocycles. The number of nitrogens with one attached hydrogen (secondary N) is 1. The summed E-state index contributed by atoms with van der Waals surface area (Å²) < 4.78 is 0. The van der Waals surface area contributed by atoms with Crippen LogP contribution in [0.4, 0.5) is 5.69 Å². The number of hydrogen-bond acceptors (Lipinski definition) is 4. The number of aromatic nitrogens is 2. The van der Waals surface area contributed by atoms with Crippen molar-refractivity contribution in [2.75, 3.05) is 23.4 Å². The molecular weight excluding hydrogens is 182 g/mol. The van der Waals surface area contributed by atoms with Gasteiger partial charge in [0.2, 0.25) is 0 Å². The van der Waals surface area contributed by atoms with E-state index >= 15 is 0 Å². The minimum absolute atomic E-state index is 1.00. The summed E-state index contributed by atoms with van der Waals surface area (Å²) in [6.45, 7) is 3.18. The monoisotopic (exact) mass is 197 g/mol. The molecule has 72 valence electrons. The van der Waals surface area contributed by atoms with Crippen LogP contribution in [-0.4, -0.2) is 28.0 Å². The molecule has 0 aliphatic rings. The highest BCUT2D eigenvalue weighted by Gasteiger charge is 1.90. The Morgan fingerprint density at radius 3 is 2.85 bits per heavy atom. The third kappa shape index (κ3) is 4.72. The molecule has 1 aromatic rings. The van der Waals surface area contributed by atoms with Crippen molar-refractivity contribution in [2.45, 2.75) is 13.3 Å². The number of rotatable bonds is 6. The van der Waals surface area contributed by atoms with Crippen LogP contribution in [0.25, 0.3) is 0 Å². The first-order chi connectivity index (χ1) is 6.43. The van der Waals surface area contributed by atoms with Gasteiger partial charge in [-0.2, -0.15) is 11.8 Å². The highest BCUT2D eigenvalue weighted by molar-refractivity contribution is 7.99. The van der Waals surface area contributed by atoms with E-state index in [0.717, 1.165) is 12.2 Å². The van der Waals surface area contributed by atoms with Gasteiger partial charge in [-0.05, 0) is 17.9 Å². The van der Waals surface area contributed by atoms with Crippen molar-refractivity contribution < 1.29 is 0 Å². The number of nitrogens with zero attached hydrogens (tertiary/aromatic N) is 2. The lowest BCUT2D eigenvalue weighted by molar-refractivity contribution is 0.984. The van der Waals surface area contributed by atoms with Crippen molar-refractivity contribution in [1.29, 1.82) is 0 Å². The van der Waals surface area contributed by atoms with Crippen molar-refractivity contribution in [2.24, 2.45) is 0 Å². The maximum absolute atomic E-state index is 3.92. The quantitative estimate of drug-likeness (QED) is 0.708. The smallest absolute Gasteiger partial charge is 0.115 e. The van der Waals surface area contributed by atoms with Gasteiger partial charge in [-0.15, -0.1) is 0 Å². The van der Waals surface area contributed by atoms with Gasteiger partial charge < -0.3 is 5.32 Å². The molecule has 0 bridgehead atoms. The molecule has 0 spiro atoms. The molecule has 0 aromatic carbocycles. The summed E-state index contributed by atoms with van der Waals surface area (Å²) in [7, 11) is 0. The van der Waals surface area contributed by atoms with Gasteiger partial charge in [0.15, 0.2) is 0 Å². The molecule has 0 aliphatic heterocycles. The summed E-state index contributed by atoms with van der Waals surface area (Å²) in [5.74, 6) is 2.42. The summed E-state index contributed by atoms with van der Waals surface area (Å²) in [4.78, 5) is 7.84. The third-order valence-corrected chi connectivity index (χ3v) is 2.54. The van der Waals surface area contributed by atoms with Crippen LogP contribution < -0.4 is 5.32 Å². The standard InChI is InChI=1S/C9H15N3S/c1-2-13-5-3-4-12-9-6-10-8-11-7-9/h6-8,12H,2-5H2,1H3. The molecule has 1 N–H and O–H groups in total. The van der Waals surface area contributed by atoms with Gasteiger partial charge in [0.25, 0.3) is 0 Å². The Hall–Kier alpha value is -0.770. The van der Waals surface area contributed by atoms with Gasteiger partial charge in [0.05, 0.1) is 18.1 Å². The van der Waals surface area contributed by atoms with Crippen molar-refractivity contribution in [1.82, 2.24) is 9.97 Å². The largest absolute Gasteiger partial charge is 0.383 e. The van der Waals surface area contributed by atoms with Gasteiger partial charge in [0, 0.05) is 6.54 Å². The molecule has 13 heavy (non-hydrogen) atoms. The summed E-state index contributed by atoms with van der Waals surface area (Å²) in [5.41, 5.74) is 1.00. The van der Waals surface area contributed by atoms with Crippen molar-refractivity contribution in [3.63, 3.8) is 0 Å². The highest BCUT2D eigenvalue weighted by Crippen LogP contribution is 2.03. The minimum atomic E-state index is 1.00. The molecule has 0 atom stereocenters. The SMILES string of the molecule is CCSCCCNc1cncnc1. The zero-order chi connectivity index (χ0) is 9.36. The Morgan fingerprint density at radius 1 is 1.38 bits per heavy atom. The van der Waals surface area contributed by atoms with Gasteiger partial charge in [-0.3, -0.25) is 0 Å². The van der Waals surface area contributed by atoms with Gasteiger partial charge in [-0.25, -0.2) is 9.97 Å². The van der Waals surface area contributed by atoms with Crippen LogP contribution in [0.5, 0.6) is 0 Å². The van der Waals surface area contributed by atoms with Crippen LogP contribution in [0.3, 0.4) is 0 Å². The average Bonchev–Trinajstić information content (AvgIpc) is 2.19. The van der Waals surface area contributed by atoms with E-state index in [1.807, 2.05) is 11.8 Å². The Morgan fingerprint density at radius 2 is 2.15 bits per heavy atom. The Labute approximate surface area is 83.4 Å². The van der Waals surface area contributed by atoms with Gasteiger partial charge in [-0.1, -0.05) is 6.92 Å². The second-order valence-corrected chi connectivity index (χ2v) is 4.00. The third-order valence-electron chi connectivity index (χ3n) is 1.56. The molecule has 0 saturated carbocycles. The maximum Gasteiger partial charge on any atom is 0.115 e. The topological polar surface area (TPSA) is 37.8 Å². The molecule has 1 heterocycles. The predicted octanol–water partition coefficient (Wildman–Crippen LogP) is 2.03. The highest BCUT2D eigenvalue weighted by atomic mass is 32.2. The lowest BCUT2D eigenvalue weighted by Crippen LogP contribution is -2.03. The zero-order valence-electron chi connectivity index (χ0n) is 7.86. The second-order valence-electron chi connectivity index (χ2n) is 2.60. The first kappa shape index (κ1) is 10.3. The summed E-state index contributed by atoms with van der Waals surface area (Å²) in [5, 5.41) is 3.27. The molecule has 0 aliphatic carbocycles. The van der Waals surface area contributed by atoms with E-state index in [2.05, 4.69) is 22.2 Å². The zero-order valence-corrected chi connectivity index (χ0v) is 8.68. The number of hydrogen-bond donors (Lipinski definition) is 1. The molecule has 4 heteroatoms. The minimum Gasteiger partial charge on any atom is -0.383 e. The molecule has 0 unspecified atom stereocenters. The van der Waals surface area contributed by atoms with Crippen molar-refractivity contribution in [3.8, 4) is 0 Å². The van der Waals surface area contributed by atoms with Gasteiger partial charge in [0.1, 0.15) is 6.33 Å². The Kier molecular flexibility index (Phi) is 5.33. The van der Waals surface area contributed by atoms with E-state index in [1.165, 1.54) is 24.3 Å². The van der Waals surface area contributed by atoms with Crippen LogP contribution >= 0.6 is 11.8 Å². The summed E-state index contributed by atoms with van der Waals surface area (Å²) in [6, 6.07) is 0. The molecule has 0 fully saturated rings. The maximum atomic E-state index is 3.92. The molecule has 0 amide bonds. The van der Waals surface area contributed by atoms with Crippen molar-refractivity contribution >= 4 is 17.4 Å². The van der Waals surface area contributed by atoms with E-state index < -0.39 is 0 Å². The Balaban J connectivity index is 2.07. The molecule has 1 rings (SSSR count). The predicted molar refractivity (Wildman–Crippen MR) is 58.1 cm³/mol. The first-order valence-electron chi connectivity index (χ1n) is 4.50. The van der Waals surface area contributed by atoms with Gasteiger partial charge >= 0.3 is 0 Å². The molecule has 0 saturated heterocycles. The fourth-order valence-corrected chi connectivity index (χ4v) is 1.58. The van der Waals surface area contributed by atoms with Crippen LogP contribution in [-0.2, 0) is 0 Å². The van der Waals surface area contributed by atoms with E-state index in [-0.39, 0.29) is 0 Å². The molecule has 3 nitrogen and oxygen atoms in total. The normalized spacial score (nSPS) is 9.92. The van der Waals surface area contributed by atoms with Crippen LogP contribution in [0, 0.1) is 0 Å². The Bertz CT molecular complexity index is 215. The average molecular weight is 197 g/mol. The second kappa shape index (κ2) is 6.71. The number of thioether (sulfide) groups is 1. The van der Waals surface area contributed by atoms with E-state index in [9.17, 15) is 0 Å². The summed E-state index contributed by atoms with van der Waals surface area (Å²) >= 11 is 1.97. The summed E-state index contributed by atoms with van der Waals surface area (Å²) in [6.07, 6.45) is 6.31. The molecule has 0 radical (unpaired) electrons. The van der Waals surface area contributed by atoms with Crippen LogP contribution in [0.1, 0.15) is 13.3 Å². The lowest BCUT2D eigenvalue weighted by atomic mass is 10.4. The van der Waals surface area contributed by atoms with E-state index in [1.54, 1.807) is 12.4 Å². The first-order valence-corrected chi connectivity index (χ1v) is 5.65. The van der Waals surface area contributed by atoms with E-state index in [0.29, 0.717) is 0 Å². The van der Waals surface area contributed by atoms with Crippen molar-refractivity contribution in [3.05, 3.63) is 18.7 Å².